The van der Waals surface area contributed by atoms with Gasteiger partial charge in [0.2, 0.25) is 11.8 Å². The molecule has 0 aliphatic heterocycles. The maximum absolute atomic E-state index is 12.1. The van der Waals surface area contributed by atoms with E-state index in [-0.39, 0.29) is 33.4 Å². The van der Waals surface area contributed by atoms with Gasteiger partial charge in [0.1, 0.15) is 0 Å². The molecule has 2 amide bonds. The molecule has 2 N–H and O–H groups in total. The van der Waals surface area contributed by atoms with Gasteiger partial charge in [-0.25, -0.2) is 0 Å². The first kappa shape index (κ1) is 22.2. The summed E-state index contributed by atoms with van der Waals surface area (Å²) in [5, 5.41) is 13.6. The Bertz CT molecular complexity index is 555. The lowest BCUT2D eigenvalue weighted by Crippen LogP contribution is -2.44. The summed E-state index contributed by atoms with van der Waals surface area (Å²) in [5.74, 6) is -0.0559. The van der Waals surface area contributed by atoms with Gasteiger partial charge >= 0.3 is 0 Å². The molecule has 1 rings (SSSR count). The van der Waals surface area contributed by atoms with Crippen LogP contribution in [-0.2, 0) is 9.59 Å². The third-order valence-electron chi connectivity index (χ3n) is 2.68. The second kappa shape index (κ2) is 8.73. The Morgan fingerprint density at radius 2 is 1.16 bits per heavy atom. The van der Waals surface area contributed by atoms with Crippen molar-refractivity contribution < 1.29 is 9.59 Å². The van der Waals surface area contributed by atoms with E-state index in [1.807, 2.05) is 55.4 Å². The number of hydrogen-bond acceptors (Lipinski definition) is 7. The SMILES string of the molecule is C[C@H](Sc1nnc(S[C@@H](C)C(=O)NC(C)(C)C)s1)C(=O)NC(C)(C)C. The Morgan fingerprint density at radius 1 is 0.840 bits per heavy atom. The number of nitrogens with one attached hydrogen (secondary N) is 2. The molecule has 0 radical (unpaired) electrons. The molecule has 6 nitrogen and oxygen atoms in total. The van der Waals surface area contributed by atoms with E-state index in [9.17, 15) is 9.59 Å². The van der Waals surface area contributed by atoms with E-state index < -0.39 is 0 Å². The van der Waals surface area contributed by atoms with Gasteiger partial charge in [-0.2, -0.15) is 0 Å². The lowest BCUT2D eigenvalue weighted by Gasteiger charge is -2.22. The Labute approximate surface area is 162 Å². The van der Waals surface area contributed by atoms with E-state index in [1.165, 1.54) is 34.9 Å². The van der Waals surface area contributed by atoms with Crippen LogP contribution in [0.1, 0.15) is 55.4 Å². The van der Waals surface area contributed by atoms with E-state index in [0.29, 0.717) is 0 Å². The summed E-state index contributed by atoms with van der Waals surface area (Å²) in [6.45, 7) is 15.4. The molecule has 0 fully saturated rings. The third-order valence-corrected chi connectivity index (χ3v) is 5.97. The summed E-state index contributed by atoms with van der Waals surface area (Å²) in [7, 11) is 0. The monoisotopic (exact) mass is 404 g/mol. The van der Waals surface area contributed by atoms with Crippen LogP contribution in [0, 0.1) is 0 Å². The number of rotatable bonds is 6. The Hall–Kier alpha value is -0.800. The number of nitrogens with zero attached hydrogens (tertiary/aromatic N) is 2. The first-order valence-corrected chi connectivity index (χ1v) is 10.7. The maximum atomic E-state index is 12.1. The number of aromatic nitrogens is 2. The highest BCUT2D eigenvalue weighted by atomic mass is 32.2. The van der Waals surface area contributed by atoms with Gasteiger partial charge in [-0.3, -0.25) is 9.59 Å². The van der Waals surface area contributed by atoms with Gasteiger partial charge in [0.25, 0.3) is 0 Å². The van der Waals surface area contributed by atoms with Crippen molar-refractivity contribution in [2.75, 3.05) is 0 Å². The molecule has 0 bridgehead atoms. The molecule has 2 atom stereocenters. The molecule has 0 unspecified atom stereocenters. The van der Waals surface area contributed by atoms with Crippen molar-refractivity contribution in [1.29, 1.82) is 0 Å². The van der Waals surface area contributed by atoms with Gasteiger partial charge in [0, 0.05) is 11.1 Å². The van der Waals surface area contributed by atoms with Crippen LogP contribution in [0.5, 0.6) is 0 Å². The van der Waals surface area contributed by atoms with Crippen LogP contribution >= 0.6 is 34.9 Å². The van der Waals surface area contributed by atoms with Gasteiger partial charge in [0.15, 0.2) is 8.68 Å². The Kier molecular flexibility index (Phi) is 7.76. The van der Waals surface area contributed by atoms with Crippen LogP contribution in [0.25, 0.3) is 0 Å². The summed E-state index contributed by atoms with van der Waals surface area (Å²) in [6, 6.07) is 0. The third kappa shape index (κ3) is 8.91. The molecule has 0 aromatic carbocycles. The number of carbonyl (C=O) groups excluding carboxylic acids is 2. The zero-order chi connectivity index (χ0) is 19.4. The van der Waals surface area contributed by atoms with Crippen molar-refractivity contribution in [2.24, 2.45) is 0 Å². The molecule has 0 saturated carbocycles. The summed E-state index contributed by atoms with van der Waals surface area (Å²) in [6.07, 6.45) is 0. The van der Waals surface area contributed by atoms with Crippen LogP contribution in [0.15, 0.2) is 8.68 Å². The number of amides is 2. The summed E-state index contributed by atoms with van der Waals surface area (Å²) in [4.78, 5) is 24.3. The van der Waals surface area contributed by atoms with E-state index in [2.05, 4.69) is 20.8 Å². The second-order valence-corrected chi connectivity index (χ2v) is 12.0. The fourth-order valence-electron chi connectivity index (χ4n) is 1.64. The fraction of sp³-hybridized carbons (Fsp3) is 0.750. The predicted molar refractivity (Wildman–Crippen MR) is 106 cm³/mol. The Morgan fingerprint density at radius 3 is 1.44 bits per heavy atom. The van der Waals surface area contributed by atoms with Crippen molar-refractivity contribution in [3.05, 3.63) is 0 Å². The minimum atomic E-state index is -0.260. The van der Waals surface area contributed by atoms with Crippen LogP contribution in [0.3, 0.4) is 0 Å². The van der Waals surface area contributed by atoms with Gasteiger partial charge in [0.05, 0.1) is 10.5 Å². The zero-order valence-corrected chi connectivity index (χ0v) is 18.5. The fourth-order valence-corrected chi connectivity index (χ4v) is 4.95. The second-order valence-electron chi connectivity index (χ2n) is 7.83. The highest BCUT2D eigenvalue weighted by Gasteiger charge is 2.24. The maximum Gasteiger partial charge on any atom is 0.233 e. The molecule has 0 saturated heterocycles. The molecule has 0 spiro atoms. The standard InChI is InChI=1S/C16H28N4O2S3/c1-9(11(21)17-15(3,4)5)23-13-19-20-14(25-13)24-10(2)12(22)18-16(6,7)8/h9-10H,1-8H3,(H,17,21)(H,18,22)/t9-,10-/m0/s1. The van der Waals surface area contributed by atoms with Gasteiger partial charge in [-0.05, 0) is 55.4 Å². The smallest absolute Gasteiger partial charge is 0.233 e. The van der Waals surface area contributed by atoms with E-state index in [4.69, 9.17) is 0 Å². The topological polar surface area (TPSA) is 84.0 Å². The van der Waals surface area contributed by atoms with Crippen molar-refractivity contribution in [3.8, 4) is 0 Å². The molecule has 1 aromatic heterocycles. The molecular formula is C16H28N4O2S3. The lowest BCUT2D eigenvalue weighted by atomic mass is 10.1. The molecule has 0 aliphatic rings. The first-order chi connectivity index (χ1) is 11.3. The Balaban J connectivity index is 2.59. The summed E-state index contributed by atoms with van der Waals surface area (Å²) >= 11 is 4.16. The highest BCUT2D eigenvalue weighted by Crippen LogP contribution is 2.33. The normalized spacial score (nSPS) is 14.7. The van der Waals surface area contributed by atoms with Crippen molar-refractivity contribution in [1.82, 2.24) is 20.8 Å². The summed E-state index contributed by atoms with van der Waals surface area (Å²) < 4.78 is 1.45. The quantitative estimate of drug-likeness (QED) is 0.708. The van der Waals surface area contributed by atoms with E-state index in [0.717, 1.165) is 8.68 Å². The van der Waals surface area contributed by atoms with Crippen molar-refractivity contribution >= 4 is 46.7 Å². The highest BCUT2D eigenvalue weighted by molar-refractivity contribution is 8.04. The summed E-state index contributed by atoms with van der Waals surface area (Å²) in [5.41, 5.74) is -0.520. The molecule has 0 aliphatic carbocycles. The van der Waals surface area contributed by atoms with E-state index >= 15 is 0 Å². The zero-order valence-electron chi connectivity index (χ0n) is 16.1. The van der Waals surface area contributed by atoms with Crippen LogP contribution in [0.2, 0.25) is 0 Å². The molecule has 1 aromatic rings. The van der Waals surface area contributed by atoms with Crippen LogP contribution < -0.4 is 10.6 Å². The van der Waals surface area contributed by atoms with Crippen LogP contribution in [-0.4, -0.2) is 43.6 Å². The van der Waals surface area contributed by atoms with Gasteiger partial charge in [-0.15, -0.1) is 10.2 Å². The molecule has 142 valence electrons. The molecule has 9 heteroatoms. The van der Waals surface area contributed by atoms with Gasteiger partial charge < -0.3 is 10.6 Å². The number of hydrogen-bond donors (Lipinski definition) is 2. The van der Waals surface area contributed by atoms with Crippen molar-refractivity contribution in [3.63, 3.8) is 0 Å². The lowest BCUT2D eigenvalue weighted by molar-refractivity contribution is -0.122. The first-order valence-electron chi connectivity index (χ1n) is 8.08. The molecular weight excluding hydrogens is 376 g/mol. The number of carbonyl (C=O) groups is 2. The average Bonchev–Trinajstić information content (AvgIpc) is 2.81. The minimum Gasteiger partial charge on any atom is -0.351 e. The molecule has 25 heavy (non-hydrogen) atoms. The largest absolute Gasteiger partial charge is 0.351 e. The average molecular weight is 405 g/mol. The molecule has 1 heterocycles. The predicted octanol–water partition coefficient (Wildman–Crippen LogP) is 3.33. The number of thioether (sulfide) groups is 2. The van der Waals surface area contributed by atoms with Gasteiger partial charge in [-0.1, -0.05) is 34.9 Å². The van der Waals surface area contributed by atoms with Crippen molar-refractivity contribution in [2.45, 2.75) is 85.6 Å². The van der Waals surface area contributed by atoms with E-state index in [1.54, 1.807) is 0 Å². The van der Waals surface area contributed by atoms with Crippen LogP contribution in [0.4, 0.5) is 0 Å². The minimum absolute atomic E-state index is 0.0279.